The largest absolute Gasteiger partial charge is 3.00 e. The molecular formula is C12H21Cl3SiTi. The van der Waals surface area contributed by atoms with Gasteiger partial charge in [0.15, 0.2) is 0 Å². The zero-order valence-corrected chi connectivity index (χ0v) is 16.5. The number of allylic oxidation sites excluding steroid dienone is 4. The Morgan fingerprint density at radius 3 is 1.12 bits per heavy atom. The molecule has 0 saturated heterocycles. The molecule has 0 heterocycles. The Kier molecular flexibility index (Phi) is 14.5. The Bertz CT molecular complexity index is 303. The van der Waals surface area contributed by atoms with E-state index in [1.54, 1.807) is 16.7 Å². The van der Waals surface area contributed by atoms with E-state index >= 15 is 0 Å². The quantitative estimate of drug-likeness (QED) is 0.418. The van der Waals surface area contributed by atoms with Crippen molar-refractivity contribution in [2.75, 3.05) is 0 Å². The van der Waals surface area contributed by atoms with Gasteiger partial charge in [0, 0.05) is 5.92 Å². The minimum atomic E-state index is -1.13. The predicted molar refractivity (Wildman–Crippen MR) is 63.3 cm³/mol. The summed E-state index contributed by atoms with van der Waals surface area (Å²) in [6.45, 7) is 16.4. The molecule has 0 aromatic heterocycles. The monoisotopic (exact) mass is 346 g/mol. The molecule has 0 unspecified atom stereocenters. The summed E-state index contributed by atoms with van der Waals surface area (Å²) < 4.78 is 0. The minimum absolute atomic E-state index is 0. The van der Waals surface area contributed by atoms with Crippen molar-refractivity contribution >= 4 is 8.07 Å². The summed E-state index contributed by atoms with van der Waals surface area (Å²) >= 11 is 0. The molecule has 5 heteroatoms. The zero-order chi connectivity index (χ0) is 10.4. The molecule has 1 aliphatic rings. The maximum atomic E-state index is 2.43. The molecule has 0 aromatic rings. The van der Waals surface area contributed by atoms with Crippen LogP contribution in [-0.4, -0.2) is 8.07 Å². The molecule has 0 aliphatic heterocycles. The van der Waals surface area contributed by atoms with Gasteiger partial charge in [0.1, 0.15) is 0 Å². The SMILES string of the molecule is C[C]1C(C)=C(C)C(C)=C1[Si](C)(C)C.[Cl-].[Cl-].[Cl-].[Ti+3]. The number of rotatable bonds is 1. The number of hydrogen-bond donors (Lipinski definition) is 0. The molecule has 0 saturated carbocycles. The van der Waals surface area contributed by atoms with Gasteiger partial charge >= 0.3 is 21.7 Å². The first-order chi connectivity index (χ1) is 5.76. The summed E-state index contributed by atoms with van der Waals surface area (Å²) in [7, 11) is -1.13. The van der Waals surface area contributed by atoms with Crippen LogP contribution in [0.5, 0.6) is 0 Å². The summed E-state index contributed by atoms with van der Waals surface area (Å²) in [5.41, 5.74) is 4.57. The average molecular weight is 348 g/mol. The Labute approximate surface area is 141 Å². The van der Waals surface area contributed by atoms with Crippen molar-refractivity contribution in [3.63, 3.8) is 0 Å². The molecule has 17 heavy (non-hydrogen) atoms. The van der Waals surface area contributed by atoms with Crippen LogP contribution in [0.25, 0.3) is 0 Å². The topological polar surface area (TPSA) is 0 Å². The Hall–Kier alpha value is 1.28. The van der Waals surface area contributed by atoms with Gasteiger partial charge in [0.25, 0.3) is 0 Å². The fraction of sp³-hybridized carbons (Fsp3) is 0.583. The minimum Gasteiger partial charge on any atom is -1.00 e. The Morgan fingerprint density at radius 2 is 1.00 bits per heavy atom. The Morgan fingerprint density at radius 1 is 0.647 bits per heavy atom. The van der Waals surface area contributed by atoms with Crippen molar-refractivity contribution in [3.05, 3.63) is 27.8 Å². The summed E-state index contributed by atoms with van der Waals surface area (Å²) in [5, 5.41) is 1.68. The van der Waals surface area contributed by atoms with Gasteiger partial charge in [-0.3, -0.25) is 0 Å². The van der Waals surface area contributed by atoms with Crippen LogP contribution in [0.4, 0.5) is 0 Å². The van der Waals surface area contributed by atoms with Crippen LogP contribution in [0, 0.1) is 5.92 Å². The van der Waals surface area contributed by atoms with Gasteiger partial charge < -0.3 is 37.2 Å². The third-order valence-corrected chi connectivity index (χ3v) is 5.44. The third-order valence-electron chi connectivity index (χ3n) is 3.19. The van der Waals surface area contributed by atoms with Crippen LogP contribution >= 0.6 is 0 Å². The van der Waals surface area contributed by atoms with E-state index in [9.17, 15) is 0 Å². The van der Waals surface area contributed by atoms with E-state index in [-0.39, 0.29) is 58.9 Å². The molecule has 0 N–H and O–H groups in total. The van der Waals surface area contributed by atoms with Crippen molar-refractivity contribution in [1.29, 1.82) is 0 Å². The molecule has 1 rings (SSSR count). The van der Waals surface area contributed by atoms with E-state index in [0.29, 0.717) is 0 Å². The van der Waals surface area contributed by atoms with Crippen molar-refractivity contribution < 1.29 is 58.9 Å². The molecular weight excluding hydrogens is 326 g/mol. The predicted octanol–water partition coefficient (Wildman–Crippen LogP) is -4.87. The zero-order valence-electron chi connectivity index (χ0n) is 11.6. The van der Waals surface area contributed by atoms with Gasteiger partial charge in [0.2, 0.25) is 0 Å². The summed E-state index contributed by atoms with van der Waals surface area (Å²) in [6.07, 6.45) is 0. The molecule has 0 bridgehead atoms. The first-order valence-corrected chi connectivity index (χ1v) is 8.50. The van der Waals surface area contributed by atoms with Gasteiger partial charge in [-0.2, -0.15) is 0 Å². The summed E-state index contributed by atoms with van der Waals surface area (Å²) in [6, 6.07) is 0. The number of halogens is 3. The second-order valence-electron chi connectivity index (χ2n) is 5.12. The third kappa shape index (κ3) is 5.42. The van der Waals surface area contributed by atoms with E-state index in [1.165, 1.54) is 11.1 Å². The van der Waals surface area contributed by atoms with Gasteiger partial charge in [-0.15, -0.1) is 0 Å². The number of hydrogen-bond acceptors (Lipinski definition) is 0. The van der Waals surface area contributed by atoms with Crippen LogP contribution < -0.4 is 37.2 Å². The van der Waals surface area contributed by atoms with Crippen molar-refractivity contribution in [2.24, 2.45) is 0 Å². The van der Waals surface area contributed by atoms with Crippen molar-refractivity contribution in [1.82, 2.24) is 0 Å². The van der Waals surface area contributed by atoms with Crippen LogP contribution in [0.1, 0.15) is 27.7 Å². The maximum Gasteiger partial charge on any atom is 3.00 e. The van der Waals surface area contributed by atoms with Gasteiger partial charge in [-0.1, -0.05) is 42.9 Å². The maximum absolute atomic E-state index is 2.43. The van der Waals surface area contributed by atoms with Gasteiger partial charge in [-0.05, 0) is 26.3 Å². The summed E-state index contributed by atoms with van der Waals surface area (Å²) in [4.78, 5) is 0. The molecule has 0 atom stereocenters. The first kappa shape index (κ1) is 26.8. The molecule has 0 spiro atoms. The second-order valence-corrected chi connectivity index (χ2v) is 10.1. The molecule has 1 aliphatic carbocycles. The van der Waals surface area contributed by atoms with E-state index in [4.69, 9.17) is 0 Å². The molecule has 0 aromatic carbocycles. The normalized spacial score (nSPS) is 15.7. The molecule has 0 amide bonds. The average Bonchev–Trinajstić information content (AvgIpc) is 2.14. The van der Waals surface area contributed by atoms with E-state index < -0.39 is 8.07 Å². The van der Waals surface area contributed by atoms with Crippen LogP contribution in [-0.2, 0) is 21.7 Å². The van der Waals surface area contributed by atoms with Gasteiger partial charge in [-0.25, -0.2) is 0 Å². The second kappa shape index (κ2) is 9.23. The van der Waals surface area contributed by atoms with Crippen LogP contribution in [0.15, 0.2) is 21.9 Å². The van der Waals surface area contributed by atoms with E-state index in [1.807, 2.05) is 0 Å². The van der Waals surface area contributed by atoms with Gasteiger partial charge in [0.05, 0.1) is 8.07 Å². The fourth-order valence-electron chi connectivity index (χ4n) is 2.34. The van der Waals surface area contributed by atoms with E-state index in [2.05, 4.69) is 47.3 Å². The summed E-state index contributed by atoms with van der Waals surface area (Å²) in [5.74, 6) is 1.55. The van der Waals surface area contributed by atoms with Crippen molar-refractivity contribution in [3.8, 4) is 0 Å². The van der Waals surface area contributed by atoms with Crippen LogP contribution in [0.2, 0.25) is 19.6 Å². The van der Waals surface area contributed by atoms with Crippen LogP contribution in [0.3, 0.4) is 0 Å². The molecule has 0 fully saturated rings. The smallest absolute Gasteiger partial charge is 1.00 e. The molecule has 98 valence electrons. The molecule has 0 nitrogen and oxygen atoms in total. The van der Waals surface area contributed by atoms with E-state index in [0.717, 1.165) is 0 Å². The van der Waals surface area contributed by atoms with Crippen molar-refractivity contribution in [2.45, 2.75) is 47.3 Å². The molecule has 2 radical (unpaired) electrons. The Balaban J connectivity index is -0.000000211. The standard InChI is InChI=1S/C12H21Si.3ClH.Ti/c1-8-9(2)11(4)12(10(8)3)13(5,6)7;;;;/h1-7H3;3*1H;/q;;;;+3/p-3. The fourth-order valence-corrected chi connectivity index (χ4v) is 4.97. The first-order valence-electron chi connectivity index (χ1n) is 5.00.